The summed E-state index contributed by atoms with van der Waals surface area (Å²) in [5, 5.41) is 0.183. The number of halogens is 7. The first-order valence-corrected chi connectivity index (χ1v) is 6.21. The molecule has 1 nitrogen and oxygen atoms in total. The third-order valence-corrected chi connectivity index (χ3v) is 3.60. The number of rotatable bonds is 1. The average Bonchev–Trinajstić information content (AvgIpc) is 2.33. The van der Waals surface area contributed by atoms with Crippen LogP contribution in [0.1, 0.15) is 5.69 Å². The van der Waals surface area contributed by atoms with Crippen LogP contribution >= 0.6 is 34.8 Å². The number of benzene rings is 1. The smallest absolute Gasteiger partial charge is 0.215 e. The molecule has 0 unspecified atom stereocenters. The van der Waals surface area contributed by atoms with Crippen molar-refractivity contribution >= 4 is 34.8 Å². The Labute approximate surface area is 126 Å². The minimum atomic E-state index is -4.75. The van der Waals surface area contributed by atoms with Crippen LogP contribution in [0, 0.1) is 5.95 Å². The molecule has 2 rings (SSSR count). The first-order chi connectivity index (χ1) is 9.18. The van der Waals surface area contributed by atoms with Crippen LogP contribution in [-0.4, -0.2) is 4.98 Å². The van der Waals surface area contributed by atoms with Gasteiger partial charge in [-0.25, -0.2) is 4.98 Å². The van der Waals surface area contributed by atoms with Crippen LogP contribution in [-0.2, 0) is 6.18 Å². The number of nitrogens with zero attached hydrogens (tertiary/aromatic N) is 1. The lowest BCUT2D eigenvalue weighted by Gasteiger charge is -2.10. The molecule has 0 aliphatic carbocycles. The summed E-state index contributed by atoms with van der Waals surface area (Å²) in [7, 11) is 0. The number of hydrogen-bond acceptors (Lipinski definition) is 1. The van der Waals surface area contributed by atoms with E-state index < -0.39 is 17.8 Å². The second kappa shape index (κ2) is 5.39. The van der Waals surface area contributed by atoms with Gasteiger partial charge in [0.15, 0.2) is 0 Å². The highest BCUT2D eigenvalue weighted by Gasteiger charge is 2.33. The zero-order valence-electron chi connectivity index (χ0n) is 9.40. The molecule has 0 fully saturated rings. The van der Waals surface area contributed by atoms with Crippen LogP contribution in [0.2, 0.25) is 15.1 Å². The predicted molar refractivity (Wildman–Crippen MR) is 69.7 cm³/mol. The van der Waals surface area contributed by atoms with E-state index in [0.717, 1.165) is 6.07 Å². The van der Waals surface area contributed by atoms with Gasteiger partial charge < -0.3 is 0 Å². The molecule has 0 aliphatic heterocycles. The number of alkyl halides is 3. The Balaban J connectivity index is 2.61. The van der Waals surface area contributed by atoms with Gasteiger partial charge >= 0.3 is 6.18 Å². The molecular weight excluding hydrogens is 340 g/mol. The van der Waals surface area contributed by atoms with Crippen molar-refractivity contribution in [3.8, 4) is 11.1 Å². The van der Waals surface area contributed by atoms with E-state index in [-0.39, 0.29) is 26.2 Å². The molecule has 0 saturated heterocycles. The number of pyridine rings is 1. The van der Waals surface area contributed by atoms with E-state index in [1.165, 1.54) is 12.1 Å². The molecule has 0 atom stereocenters. The van der Waals surface area contributed by atoms with Crippen molar-refractivity contribution in [1.82, 2.24) is 4.98 Å². The van der Waals surface area contributed by atoms with Crippen LogP contribution in [0.15, 0.2) is 24.3 Å². The second-order valence-corrected chi connectivity index (χ2v) is 5.01. The summed E-state index contributed by atoms with van der Waals surface area (Å²) in [6.07, 6.45) is -4.75. The van der Waals surface area contributed by atoms with Gasteiger partial charge in [0.2, 0.25) is 5.95 Å². The first-order valence-electron chi connectivity index (χ1n) is 5.08. The highest BCUT2D eigenvalue weighted by Crippen LogP contribution is 2.37. The van der Waals surface area contributed by atoms with E-state index in [1.807, 2.05) is 0 Å². The quantitative estimate of drug-likeness (QED) is 0.358. The van der Waals surface area contributed by atoms with Crippen molar-refractivity contribution in [3.63, 3.8) is 0 Å². The summed E-state index contributed by atoms with van der Waals surface area (Å²) in [5.74, 6) is -1.25. The summed E-state index contributed by atoms with van der Waals surface area (Å²) >= 11 is 17.3. The van der Waals surface area contributed by atoms with Crippen molar-refractivity contribution in [2.45, 2.75) is 6.18 Å². The molecule has 0 bridgehead atoms. The highest BCUT2D eigenvalue weighted by molar-refractivity contribution is 6.48. The fourth-order valence-electron chi connectivity index (χ4n) is 1.53. The zero-order chi connectivity index (χ0) is 15.1. The Kier molecular flexibility index (Phi) is 4.14. The van der Waals surface area contributed by atoms with E-state index in [0.29, 0.717) is 6.07 Å². The van der Waals surface area contributed by atoms with Gasteiger partial charge in [-0.2, -0.15) is 17.6 Å². The Morgan fingerprint density at radius 1 is 0.850 bits per heavy atom. The van der Waals surface area contributed by atoms with Crippen molar-refractivity contribution < 1.29 is 17.6 Å². The lowest BCUT2D eigenvalue weighted by atomic mass is 10.1. The Bertz CT molecular complexity index is 647. The van der Waals surface area contributed by atoms with Crippen LogP contribution in [0.3, 0.4) is 0 Å². The van der Waals surface area contributed by atoms with Gasteiger partial charge in [-0.3, -0.25) is 0 Å². The van der Waals surface area contributed by atoms with Gasteiger partial charge in [0, 0.05) is 6.07 Å². The molecule has 2 aromatic rings. The SMILES string of the molecule is Fc1cc(-c2cc(Cl)c(Cl)c(Cl)c2)cc(C(F)(F)F)n1. The third kappa shape index (κ3) is 3.16. The molecule has 0 aliphatic rings. The molecule has 106 valence electrons. The fourth-order valence-corrected chi connectivity index (χ4v) is 2.13. The standard InChI is InChI=1S/C12H4Cl3F4N/c13-7-1-5(2-8(14)11(7)15)6-3-9(12(17,18)19)20-10(16)4-6/h1-4H. The molecule has 1 aromatic heterocycles. The maximum Gasteiger partial charge on any atom is 0.433 e. The van der Waals surface area contributed by atoms with E-state index in [9.17, 15) is 17.6 Å². The monoisotopic (exact) mass is 343 g/mol. The minimum absolute atomic E-state index is 0.0507. The topological polar surface area (TPSA) is 12.9 Å². The molecule has 0 spiro atoms. The van der Waals surface area contributed by atoms with Crippen LogP contribution in [0.4, 0.5) is 17.6 Å². The van der Waals surface area contributed by atoms with Crippen molar-refractivity contribution in [2.24, 2.45) is 0 Å². The normalized spacial score (nSPS) is 11.8. The van der Waals surface area contributed by atoms with Gasteiger partial charge in [0.05, 0.1) is 15.1 Å². The molecular formula is C12H4Cl3F4N. The molecule has 0 N–H and O–H groups in total. The van der Waals surface area contributed by atoms with Crippen molar-refractivity contribution in [3.05, 3.63) is 51.0 Å². The van der Waals surface area contributed by atoms with E-state index >= 15 is 0 Å². The Morgan fingerprint density at radius 3 is 1.85 bits per heavy atom. The van der Waals surface area contributed by atoms with Crippen LogP contribution in [0.5, 0.6) is 0 Å². The van der Waals surface area contributed by atoms with Crippen LogP contribution in [0.25, 0.3) is 11.1 Å². The van der Waals surface area contributed by atoms with E-state index in [4.69, 9.17) is 34.8 Å². The summed E-state index contributed by atoms with van der Waals surface area (Å²) in [5.41, 5.74) is -1.18. The summed E-state index contributed by atoms with van der Waals surface area (Å²) < 4.78 is 51.0. The molecule has 1 aromatic carbocycles. The van der Waals surface area contributed by atoms with Gasteiger partial charge in [-0.05, 0) is 29.3 Å². The van der Waals surface area contributed by atoms with Gasteiger partial charge in [0.25, 0.3) is 0 Å². The third-order valence-electron chi connectivity index (χ3n) is 2.40. The number of aromatic nitrogens is 1. The molecule has 0 saturated carbocycles. The minimum Gasteiger partial charge on any atom is -0.215 e. The van der Waals surface area contributed by atoms with Gasteiger partial charge in [-0.15, -0.1) is 0 Å². The van der Waals surface area contributed by atoms with E-state index in [1.54, 1.807) is 0 Å². The lowest BCUT2D eigenvalue weighted by molar-refractivity contribution is -0.141. The Morgan fingerprint density at radius 2 is 1.35 bits per heavy atom. The highest BCUT2D eigenvalue weighted by atomic mass is 35.5. The predicted octanol–water partition coefficient (Wildman–Crippen LogP) is 5.87. The maximum absolute atomic E-state index is 13.2. The Hall–Kier alpha value is -1.04. The molecule has 0 radical (unpaired) electrons. The average molecular weight is 345 g/mol. The molecule has 8 heteroatoms. The molecule has 0 amide bonds. The van der Waals surface area contributed by atoms with Crippen LogP contribution < -0.4 is 0 Å². The molecule has 1 heterocycles. The largest absolute Gasteiger partial charge is 0.433 e. The van der Waals surface area contributed by atoms with Crippen molar-refractivity contribution in [1.29, 1.82) is 0 Å². The lowest BCUT2D eigenvalue weighted by Crippen LogP contribution is -2.09. The summed E-state index contributed by atoms with van der Waals surface area (Å²) in [6, 6.07) is 4.15. The summed E-state index contributed by atoms with van der Waals surface area (Å²) in [4.78, 5) is 2.81. The zero-order valence-corrected chi connectivity index (χ0v) is 11.7. The van der Waals surface area contributed by atoms with Gasteiger partial charge in [-0.1, -0.05) is 34.8 Å². The summed E-state index contributed by atoms with van der Waals surface area (Å²) in [6.45, 7) is 0. The molecule has 20 heavy (non-hydrogen) atoms. The van der Waals surface area contributed by atoms with E-state index in [2.05, 4.69) is 4.98 Å². The number of hydrogen-bond donors (Lipinski definition) is 0. The fraction of sp³-hybridized carbons (Fsp3) is 0.0833. The maximum atomic E-state index is 13.2. The first kappa shape index (κ1) is 15.4. The van der Waals surface area contributed by atoms with Gasteiger partial charge in [0.1, 0.15) is 5.69 Å². The van der Waals surface area contributed by atoms with Crippen molar-refractivity contribution in [2.75, 3.05) is 0 Å². The second-order valence-electron chi connectivity index (χ2n) is 3.82.